The molecule has 0 bridgehead atoms. The maximum atomic E-state index is 5.29. The summed E-state index contributed by atoms with van der Waals surface area (Å²) in [6, 6.07) is 51.2. The second kappa shape index (κ2) is 9.80. The number of benzene rings is 7. The van der Waals surface area contributed by atoms with Crippen LogP contribution >= 0.6 is 11.3 Å². The highest BCUT2D eigenvalue weighted by Gasteiger charge is 2.22. The van der Waals surface area contributed by atoms with Crippen molar-refractivity contribution in [3.63, 3.8) is 0 Å². The van der Waals surface area contributed by atoms with E-state index >= 15 is 0 Å². The van der Waals surface area contributed by atoms with E-state index in [0.717, 1.165) is 32.9 Å². The van der Waals surface area contributed by atoms with E-state index in [1.54, 1.807) is 0 Å². The van der Waals surface area contributed by atoms with Gasteiger partial charge in [-0.1, -0.05) is 133 Å². The Bertz CT molecular complexity index is 2810. The first-order valence-electron chi connectivity index (χ1n) is 15.4. The Morgan fingerprint density at radius 3 is 2.00 bits per heavy atom. The smallest absolute Gasteiger partial charge is 0.238 e. The molecular weight excluding hydrogens is 581 g/mol. The second-order valence-electron chi connectivity index (χ2n) is 11.6. The van der Waals surface area contributed by atoms with Crippen LogP contribution in [0.25, 0.3) is 92.2 Å². The maximum Gasteiger partial charge on any atom is 0.238 e. The topological polar surface area (TPSA) is 43.6 Å². The lowest BCUT2D eigenvalue weighted by Crippen LogP contribution is -2.06. The maximum absolute atomic E-state index is 5.29. The van der Waals surface area contributed by atoms with Crippen molar-refractivity contribution in [2.45, 2.75) is 0 Å². The third kappa shape index (κ3) is 3.69. The van der Waals surface area contributed by atoms with Crippen molar-refractivity contribution in [1.82, 2.24) is 19.5 Å². The van der Waals surface area contributed by atoms with E-state index < -0.39 is 0 Å². The Morgan fingerprint density at radius 2 is 1.13 bits per heavy atom. The number of fused-ring (bicyclic) bond motifs is 10. The Morgan fingerprint density at radius 1 is 0.457 bits per heavy atom. The third-order valence-corrected chi connectivity index (χ3v) is 10.2. The molecule has 3 heterocycles. The first kappa shape index (κ1) is 25.4. The van der Waals surface area contributed by atoms with Gasteiger partial charge in [-0.05, 0) is 33.7 Å². The lowest BCUT2D eigenvalue weighted by molar-refractivity contribution is 0.956. The molecule has 0 fully saturated rings. The second-order valence-corrected chi connectivity index (χ2v) is 12.7. The average molecular weight is 605 g/mol. The zero-order chi connectivity index (χ0) is 30.2. The van der Waals surface area contributed by atoms with Gasteiger partial charge in [-0.2, -0.15) is 9.97 Å². The van der Waals surface area contributed by atoms with Crippen LogP contribution in [0.2, 0.25) is 0 Å². The van der Waals surface area contributed by atoms with Crippen molar-refractivity contribution in [2.24, 2.45) is 0 Å². The van der Waals surface area contributed by atoms with Gasteiger partial charge in [0.25, 0.3) is 0 Å². The van der Waals surface area contributed by atoms with Gasteiger partial charge in [-0.25, -0.2) is 4.98 Å². The summed E-state index contributed by atoms with van der Waals surface area (Å²) in [5.41, 5.74) is 4.12. The normalized spacial score (nSPS) is 11.9. The number of hydrogen-bond donors (Lipinski definition) is 0. The Labute approximate surface area is 267 Å². The van der Waals surface area contributed by atoms with E-state index in [1.807, 2.05) is 29.5 Å². The number of hydrogen-bond acceptors (Lipinski definition) is 4. The summed E-state index contributed by atoms with van der Waals surface area (Å²) >= 11 is 1.85. The molecule has 10 aromatic rings. The first-order chi connectivity index (χ1) is 22.8. The van der Waals surface area contributed by atoms with E-state index in [2.05, 4.69) is 132 Å². The van der Waals surface area contributed by atoms with E-state index in [-0.39, 0.29) is 0 Å². The van der Waals surface area contributed by atoms with E-state index in [1.165, 1.54) is 41.7 Å². The molecule has 3 aromatic heterocycles. The van der Waals surface area contributed by atoms with Gasteiger partial charge < -0.3 is 0 Å². The molecule has 0 unspecified atom stereocenters. The Hall–Kier alpha value is -5.91. The minimum Gasteiger partial charge on any atom is -0.277 e. The lowest BCUT2D eigenvalue weighted by Gasteiger charge is -2.12. The molecule has 4 nitrogen and oxygen atoms in total. The van der Waals surface area contributed by atoms with Gasteiger partial charge >= 0.3 is 0 Å². The van der Waals surface area contributed by atoms with Crippen LogP contribution in [0.5, 0.6) is 0 Å². The van der Waals surface area contributed by atoms with Gasteiger partial charge in [0.05, 0.1) is 11.0 Å². The molecule has 0 N–H and O–H groups in total. The predicted octanol–water partition coefficient (Wildman–Crippen LogP) is 11.0. The summed E-state index contributed by atoms with van der Waals surface area (Å²) < 4.78 is 4.81. The Kier molecular flexibility index (Phi) is 5.41. The fraction of sp³-hybridized carbons (Fsp3) is 0. The molecule has 7 aromatic carbocycles. The largest absolute Gasteiger partial charge is 0.277 e. The highest BCUT2D eigenvalue weighted by Crippen LogP contribution is 2.45. The zero-order valence-corrected chi connectivity index (χ0v) is 25.4. The molecular formula is C41H24N4S. The average Bonchev–Trinajstić information content (AvgIpc) is 3.68. The molecule has 0 aliphatic heterocycles. The van der Waals surface area contributed by atoms with Crippen LogP contribution in [-0.4, -0.2) is 19.5 Å². The quantitative estimate of drug-likeness (QED) is 0.201. The molecule has 0 aliphatic carbocycles. The fourth-order valence-corrected chi connectivity index (χ4v) is 8.21. The molecule has 0 amide bonds. The van der Waals surface area contributed by atoms with E-state index in [9.17, 15) is 0 Å². The van der Waals surface area contributed by atoms with E-state index in [0.29, 0.717) is 17.6 Å². The molecule has 46 heavy (non-hydrogen) atoms. The fourth-order valence-electron chi connectivity index (χ4n) is 6.97. The van der Waals surface area contributed by atoms with Gasteiger partial charge in [-0.15, -0.1) is 11.3 Å². The van der Waals surface area contributed by atoms with Crippen molar-refractivity contribution < 1.29 is 0 Å². The first-order valence-corrected chi connectivity index (χ1v) is 16.2. The van der Waals surface area contributed by atoms with Crippen molar-refractivity contribution in [3.05, 3.63) is 146 Å². The molecule has 0 spiro atoms. The summed E-state index contributed by atoms with van der Waals surface area (Å²) in [4.78, 5) is 15.6. The van der Waals surface area contributed by atoms with Crippen molar-refractivity contribution in [3.8, 4) is 28.7 Å². The highest BCUT2D eigenvalue weighted by molar-refractivity contribution is 7.26. The van der Waals surface area contributed by atoms with Gasteiger partial charge in [0.1, 0.15) is 0 Å². The van der Waals surface area contributed by atoms with Crippen LogP contribution in [0.3, 0.4) is 0 Å². The van der Waals surface area contributed by atoms with Crippen LogP contribution in [0, 0.1) is 0 Å². The molecule has 0 saturated carbocycles. The van der Waals surface area contributed by atoms with Gasteiger partial charge in [0.2, 0.25) is 5.95 Å². The Balaban J connectivity index is 1.36. The van der Waals surface area contributed by atoms with Crippen LogP contribution in [0.4, 0.5) is 0 Å². The summed E-state index contributed by atoms with van der Waals surface area (Å²) in [7, 11) is 0. The van der Waals surface area contributed by atoms with Crippen LogP contribution in [0.15, 0.2) is 146 Å². The molecule has 0 radical (unpaired) electrons. The van der Waals surface area contributed by atoms with E-state index in [4.69, 9.17) is 15.0 Å². The molecule has 0 saturated heterocycles. The van der Waals surface area contributed by atoms with Crippen LogP contribution in [-0.2, 0) is 0 Å². The molecule has 5 heteroatoms. The number of thiophene rings is 1. The van der Waals surface area contributed by atoms with Gasteiger partial charge in [0.15, 0.2) is 11.6 Å². The summed E-state index contributed by atoms with van der Waals surface area (Å²) in [6.07, 6.45) is 0. The van der Waals surface area contributed by atoms with Crippen molar-refractivity contribution in [2.75, 3.05) is 0 Å². The van der Waals surface area contributed by atoms with Gasteiger partial charge in [-0.3, -0.25) is 4.57 Å². The molecule has 214 valence electrons. The lowest BCUT2D eigenvalue weighted by atomic mass is 10.0. The number of nitrogens with zero attached hydrogens (tertiary/aromatic N) is 4. The number of rotatable bonds is 3. The number of aromatic nitrogens is 4. The van der Waals surface area contributed by atoms with Crippen LogP contribution in [0.1, 0.15) is 0 Å². The molecule has 10 rings (SSSR count). The summed E-state index contributed by atoms with van der Waals surface area (Å²) in [5.74, 6) is 1.91. The SMILES string of the molecule is c1ccc(-c2nc(-c3cccc4ccccc34)nc(-n3c4ccccc4c4ccc5sc6c7ccccc7ccc6c5c43)n2)cc1. The standard InChI is InChI=1S/C41H24N4S/c1-2-13-27(14-3-1)39-42-40(32-19-10-15-25-11-4-6-16-28(25)32)44-41(43-39)45-34-20-9-8-18-30(34)31-23-24-35-36(37(31)45)33-22-21-26-12-5-7-17-29(26)38(33)46-35/h1-24H. The zero-order valence-electron chi connectivity index (χ0n) is 24.6. The van der Waals surface area contributed by atoms with Crippen molar-refractivity contribution in [1.29, 1.82) is 0 Å². The van der Waals surface area contributed by atoms with Crippen molar-refractivity contribution >= 4 is 74.9 Å². The highest BCUT2D eigenvalue weighted by atomic mass is 32.1. The summed E-state index contributed by atoms with van der Waals surface area (Å²) in [5, 5.41) is 9.63. The monoisotopic (exact) mass is 604 g/mol. The van der Waals surface area contributed by atoms with Gasteiger partial charge in [0, 0.05) is 42.1 Å². The number of para-hydroxylation sites is 1. The molecule has 0 atom stereocenters. The van der Waals surface area contributed by atoms with Crippen LogP contribution < -0.4 is 0 Å². The minimum absolute atomic E-state index is 0.607. The minimum atomic E-state index is 0.607. The molecule has 0 aliphatic rings. The summed E-state index contributed by atoms with van der Waals surface area (Å²) in [6.45, 7) is 0. The predicted molar refractivity (Wildman–Crippen MR) is 193 cm³/mol. The third-order valence-electron chi connectivity index (χ3n) is 9.05.